The molecule has 0 spiro atoms. The van der Waals surface area contributed by atoms with Gasteiger partial charge < -0.3 is 10.6 Å². The van der Waals surface area contributed by atoms with Gasteiger partial charge in [-0.2, -0.15) is 0 Å². The topological polar surface area (TPSA) is 74.8 Å². The fourth-order valence-corrected chi connectivity index (χ4v) is 1.68. The maximum atomic E-state index is 11.7. The van der Waals surface area contributed by atoms with Crippen LogP contribution in [-0.4, -0.2) is 25.0 Å². The van der Waals surface area contributed by atoms with Gasteiger partial charge in [-0.3, -0.25) is 10.1 Å². The lowest BCUT2D eigenvalue weighted by Crippen LogP contribution is -2.92. The number of quaternary nitrogens is 1. The van der Waals surface area contributed by atoms with Gasteiger partial charge in [-0.15, -0.1) is 0 Å². The number of hydrogen-bond donors (Lipinski definition) is 3. The van der Waals surface area contributed by atoms with Crippen LogP contribution in [0.2, 0.25) is 0 Å². The van der Waals surface area contributed by atoms with Crippen molar-refractivity contribution in [2.75, 3.05) is 7.05 Å². The molecule has 1 rings (SSSR count). The van der Waals surface area contributed by atoms with Crippen molar-refractivity contribution < 1.29 is 14.9 Å². The Morgan fingerprint density at radius 3 is 2.33 bits per heavy atom. The third-order valence-electron chi connectivity index (χ3n) is 2.78. The minimum atomic E-state index is -0.479. The van der Waals surface area contributed by atoms with Crippen LogP contribution < -0.4 is 16.0 Å². The molecular formula is C13H20N3O2+. The van der Waals surface area contributed by atoms with E-state index in [1.54, 1.807) is 6.92 Å². The molecule has 0 aliphatic carbocycles. The Balaban J connectivity index is 2.52. The number of nitrogens with one attached hydrogen (secondary N) is 2. The molecule has 0 unspecified atom stereocenters. The van der Waals surface area contributed by atoms with E-state index in [1.165, 1.54) is 7.05 Å². The number of nitrogens with two attached hydrogens (primary N) is 1. The molecule has 0 heterocycles. The molecule has 0 aromatic heterocycles. The Labute approximate surface area is 107 Å². The van der Waals surface area contributed by atoms with Gasteiger partial charge in [-0.05, 0) is 13.8 Å². The summed E-state index contributed by atoms with van der Waals surface area (Å²) < 4.78 is 0. The van der Waals surface area contributed by atoms with Crippen molar-refractivity contribution >= 4 is 11.9 Å². The second-order valence-corrected chi connectivity index (χ2v) is 4.25. The van der Waals surface area contributed by atoms with Gasteiger partial charge in [0.15, 0.2) is 6.04 Å². The van der Waals surface area contributed by atoms with Gasteiger partial charge in [0.05, 0.1) is 0 Å². The molecule has 0 aliphatic heterocycles. The van der Waals surface area contributed by atoms with E-state index >= 15 is 0 Å². The summed E-state index contributed by atoms with van der Waals surface area (Å²) in [6.07, 6.45) is 0. The summed E-state index contributed by atoms with van der Waals surface area (Å²) in [5, 5.41) is 6.54. The highest BCUT2D eigenvalue weighted by Gasteiger charge is 2.21. The fraction of sp³-hybridized carbons (Fsp3) is 0.385. The second-order valence-electron chi connectivity index (χ2n) is 4.25. The molecule has 4 N–H and O–H groups in total. The predicted molar refractivity (Wildman–Crippen MR) is 68.8 cm³/mol. The van der Waals surface area contributed by atoms with Crippen molar-refractivity contribution in [2.24, 2.45) is 0 Å². The van der Waals surface area contributed by atoms with E-state index in [2.05, 4.69) is 10.6 Å². The monoisotopic (exact) mass is 250 g/mol. The van der Waals surface area contributed by atoms with Gasteiger partial charge in [0.25, 0.3) is 5.91 Å². The van der Waals surface area contributed by atoms with Gasteiger partial charge >= 0.3 is 6.03 Å². The highest BCUT2D eigenvalue weighted by atomic mass is 16.2. The van der Waals surface area contributed by atoms with Crippen LogP contribution in [0.3, 0.4) is 0 Å². The molecule has 18 heavy (non-hydrogen) atoms. The van der Waals surface area contributed by atoms with Crippen molar-refractivity contribution in [3.63, 3.8) is 0 Å². The molecule has 2 atom stereocenters. The third-order valence-corrected chi connectivity index (χ3v) is 2.78. The highest BCUT2D eigenvalue weighted by molar-refractivity contribution is 5.95. The SMILES string of the molecule is CNC(=O)NC(=O)[C@H](C)[NH2+][C@@H](C)c1ccccc1. The average molecular weight is 250 g/mol. The minimum Gasteiger partial charge on any atom is -0.341 e. The highest BCUT2D eigenvalue weighted by Crippen LogP contribution is 2.06. The summed E-state index contributed by atoms with van der Waals surface area (Å²) in [6, 6.07) is 9.29. The zero-order valence-corrected chi connectivity index (χ0v) is 10.9. The van der Waals surface area contributed by atoms with Crippen LogP contribution in [0.5, 0.6) is 0 Å². The standard InChI is InChI=1S/C13H19N3O2/c1-9(11-7-5-4-6-8-11)15-10(2)12(17)16-13(18)14-3/h4-10,15H,1-3H3,(H2,14,16,17,18)/p+1/t9-,10-/m0/s1. The first-order chi connectivity index (χ1) is 8.54. The molecule has 0 bridgehead atoms. The van der Waals surface area contributed by atoms with Crippen LogP contribution >= 0.6 is 0 Å². The summed E-state index contributed by atoms with van der Waals surface area (Å²) in [5.74, 6) is -0.294. The van der Waals surface area contributed by atoms with E-state index in [4.69, 9.17) is 0 Å². The number of carbonyl (C=O) groups is 2. The van der Waals surface area contributed by atoms with Crippen LogP contribution in [0, 0.1) is 0 Å². The van der Waals surface area contributed by atoms with Gasteiger partial charge in [0.2, 0.25) is 0 Å². The molecule has 0 radical (unpaired) electrons. The van der Waals surface area contributed by atoms with Gasteiger partial charge in [-0.1, -0.05) is 30.3 Å². The van der Waals surface area contributed by atoms with Crippen LogP contribution in [0.15, 0.2) is 30.3 Å². The Bertz CT molecular complexity index is 406. The van der Waals surface area contributed by atoms with Crippen LogP contribution in [-0.2, 0) is 4.79 Å². The van der Waals surface area contributed by atoms with Crippen LogP contribution in [0.1, 0.15) is 25.5 Å². The minimum absolute atomic E-state index is 0.164. The zero-order chi connectivity index (χ0) is 13.5. The van der Waals surface area contributed by atoms with Gasteiger partial charge in [0, 0.05) is 12.6 Å². The normalized spacial score (nSPS) is 13.5. The summed E-state index contributed by atoms with van der Waals surface area (Å²) >= 11 is 0. The first kappa shape index (κ1) is 14.2. The number of urea groups is 1. The quantitative estimate of drug-likeness (QED) is 0.712. The zero-order valence-electron chi connectivity index (χ0n) is 10.9. The van der Waals surface area contributed by atoms with Crippen molar-refractivity contribution in [1.29, 1.82) is 0 Å². The molecular weight excluding hydrogens is 230 g/mol. The average Bonchev–Trinajstić information content (AvgIpc) is 2.39. The first-order valence-corrected chi connectivity index (χ1v) is 5.97. The molecule has 0 aliphatic rings. The molecule has 0 saturated heterocycles. The van der Waals surface area contributed by atoms with E-state index in [-0.39, 0.29) is 18.0 Å². The molecule has 0 fully saturated rings. The number of imide groups is 1. The predicted octanol–water partition coefficient (Wildman–Crippen LogP) is 0.155. The smallest absolute Gasteiger partial charge is 0.321 e. The lowest BCUT2D eigenvalue weighted by atomic mass is 10.1. The van der Waals surface area contributed by atoms with E-state index in [9.17, 15) is 9.59 Å². The number of benzene rings is 1. The Morgan fingerprint density at radius 1 is 1.17 bits per heavy atom. The van der Waals surface area contributed by atoms with Crippen molar-refractivity contribution in [3.05, 3.63) is 35.9 Å². The van der Waals surface area contributed by atoms with E-state index in [1.807, 2.05) is 42.6 Å². The molecule has 1 aromatic carbocycles. The molecule has 3 amide bonds. The Morgan fingerprint density at radius 2 is 1.78 bits per heavy atom. The molecule has 5 heteroatoms. The molecule has 5 nitrogen and oxygen atoms in total. The summed E-state index contributed by atoms with van der Waals surface area (Å²) in [5.41, 5.74) is 1.15. The van der Waals surface area contributed by atoms with Crippen molar-refractivity contribution in [2.45, 2.75) is 25.9 Å². The van der Waals surface area contributed by atoms with Crippen LogP contribution in [0.25, 0.3) is 0 Å². The van der Waals surface area contributed by atoms with E-state index < -0.39 is 6.03 Å². The third kappa shape index (κ3) is 4.18. The van der Waals surface area contributed by atoms with E-state index in [0.29, 0.717) is 0 Å². The Kier molecular flexibility index (Phi) is 5.32. The Hall–Kier alpha value is -1.88. The summed E-state index contributed by atoms with van der Waals surface area (Å²) in [4.78, 5) is 22.7. The van der Waals surface area contributed by atoms with Gasteiger partial charge in [-0.25, -0.2) is 4.79 Å². The summed E-state index contributed by atoms with van der Waals surface area (Å²) in [7, 11) is 1.48. The van der Waals surface area contributed by atoms with Crippen molar-refractivity contribution in [3.8, 4) is 0 Å². The number of amides is 3. The lowest BCUT2D eigenvalue weighted by molar-refractivity contribution is -0.710. The van der Waals surface area contributed by atoms with Crippen molar-refractivity contribution in [1.82, 2.24) is 10.6 Å². The molecule has 1 aromatic rings. The molecule has 98 valence electrons. The largest absolute Gasteiger partial charge is 0.341 e. The van der Waals surface area contributed by atoms with Crippen LogP contribution in [0.4, 0.5) is 4.79 Å². The van der Waals surface area contributed by atoms with E-state index in [0.717, 1.165) is 5.56 Å². The second kappa shape index (κ2) is 6.76. The van der Waals surface area contributed by atoms with Gasteiger partial charge in [0.1, 0.15) is 6.04 Å². The number of hydrogen-bond acceptors (Lipinski definition) is 2. The number of rotatable bonds is 4. The maximum absolute atomic E-state index is 11.7. The number of carbonyl (C=O) groups excluding carboxylic acids is 2. The summed E-state index contributed by atoms with van der Waals surface area (Å²) in [6.45, 7) is 3.80. The fourth-order valence-electron chi connectivity index (χ4n) is 1.68. The lowest BCUT2D eigenvalue weighted by Gasteiger charge is -2.16. The first-order valence-electron chi connectivity index (χ1n) is 5.97. The maximum Gasteiger partial charge on any atom is 0.321 e. The molecule has 0 saturated carbocycles.